The van der Waals surface area contributed by atoms with Gasteiger partial charge in [-0.1, -0.05) is 15.9 Å². The van der Waals surface area contributed by atoms with Gasteiger partial charge in [-0.2, -0.15) is 0 Å². The number of amides is 2. The number of nitrogens with zero attached hydrogens (tertiary/aromatic N) is 1. The third kappa shape index (κ3) is 4.27. The van der Waals surface area contributed by atoms with Crippen molar-refractivity contribution in [2.75, 3.05) is 5.32 Å². The number of aromatic carboxylic acids is 1. The van der Waals surface area contributed by atoms with E-state index in [0.717, 1.165) is 10.0 Å². The molecule has 0 aliphatic carbocycles. The van der Waals surface area contributed by atoms with Gasteiger partial charge in [-0.25, -0.2) is 14.6 Å². The first-order valence-electron chi connectivity index (χ1n) is 5.94. The van der Waals surface area contributed by atoms with Crippen LogP contribution in [0.5, 0.6) is 0 Å². The number of carboxylic acids is 1. The predicted molar refractivity (Wildman–Crippen MR) is 83.8 cm³/mol. The minimum Gasteiger partial charge on any atom is -0.476 e. The largest absolute Gasteiger partial charge is 0.476 e. The Morgan fingerprint density at radius 2 is 2.19 bits per heavy atom. The highest BCUT2D eigenvalue weighted by Gasteiger charge is 2.09. The van der Waals surface area contributed by atoms with Gasteiger partial charge in [0.2, 0.25) is 0 Å². The molecule has 3 N–H and O–H groups in total. The van der Waals surface area contributed by atoms with Crippen LogP contribution < -0.4 is 10.6 Å². The van der Waals surface area contributed by atoms with Crippen molar-refractivity contribution in [1.29, 1.82) is 0 Å². The summed E-state index contributed by atoms with van der Waals surface area (Å²) in [6.45, 7) is 2.11. The van der Waals surface area contributed by atoms with E-state index in [0.29, 0.717) is 10.7 Å². The Kier molecular flexibility index (Phi) is 4.92. The summed E-state index contributed by atoms with van der Waals surface area (Å²) in [5.41, 5.74) is 1.68. The summed E-state index contributed by atoms with van der Waals surface area (Å²) >= 11 is 4.58. The number of urea groups is 1. The van der Waals surface area contributed by atoms with E-state index in [9.17, 15) is 9.59 Å². The summed E-state index contributed by atoms with van der Waals surface area (Å²) in [6, 6.07) is 5.10. The van der Waals surface area contributed by atoms with Crippen LogP contribution in [0.4, 0.5) is 10.5 Å². The summed E-state index contributed by atoms with van der Waals surface area (Å²) in [7, 11) is 0. The molecular formula is C13H12BrN3O3S. The molecule has 0 aliphatic rings. The quantitative estimate of drug-likeness (QED) is 0.771. The first-order chi connectivity index (χ1) is 9.95. The van der Waals surface area contributed by atoms with Crippen LogP contribution in [-0.2, 0) is 6.54 Å². The van der Waals surface area contributed by atoms with E-state index in [1.165, 1.54) is 16.7 Å². The third-order valence-electron chi connectivity index (χ3n) is 2.59. The van der Waals surface area contributed by atoms with E-state index in [2.05, 4.69) is 31.5 Å². The van der Waals surface area contributed by atoms with Crippen molar-refractivity contribution in [2.45, 2.75) is 13.5 Å². The van der Waals surface area contributed by atoms with Gasteiger partial charge >= 0.3 is 12.0 Å². The summed E-state index contributed by atoms with van der Waals surface area (Å²) < 4.78 is 0.970. The van der Waals surface area contributed by atoms with Crippen LogP contribution in [0.15, 0.2) is 28.1 Å². The second kappa shape index (κ2) is 6.68. The number of halogens is 1. The molecule has 0 fully saturated rings. The van der Waals surface area contributed by atoms with Crippen molar-refractivity contribution < 1.29 is 14.7 Å². The van der Waals surface area contributed by atoms with Crippen LogP contribution >= 0.6 is 27.3 Å². The lowest BCUT2D eigenvalue weighted by Gasteiger charge is -2.07. The summed E-state index contributed by atoms with van der Waals surface area (Å²) in [4.78, 5) is 26.3. The lowest BCUT2D eigenvalue weighted by atomic mass is 10.2. The maximum absolute atomic E-state index is 11.7. The number of benzene rings is 1. The van der Waals surface area contributed by atoms with Crippen molar-refractivity contribution in [1.82, 2.24) is 10.3 Å². The lowest BCUT2D eigenvalue weighted by Crippen LogP contribution is -2.28. The zero-order chi connectivity index (χ0) is 15.4. The van der Waals surface area contributed by atoms with Gasteiger partial charge in [-0.15, -0.1) is 11.3 Å². The van der Waals surface area contributed by atoms with E-state index in [1.54, 1.807) is 6.07 Å². The molecule has 0 aliphatic heterocycles. The van der Waals surface area contributed by atoms with Gasteiger partial charge in [-0.05, 0) is 30.7 Å². The maximum Gasteiger partial charge on any atom is 0.355 e. The van der Waals surface area contributed by atoms with Crippen molar-refractivity contribution in [3.8, 4) is 0 Å². The molecule has 6 nitrogen and oxygen atoms in total. The Hall–Kier alpha value is -1.93. The monoisotopic (exact) mass is 369 g/mol. The molecule has 0 atom stereocenters. The van der Waals surface area contributed by atoms with Crippen LogP contribution in [0.3, 0.4) is 0 Å². The number of rotatable bonds is 4. The average molecular weight is 370 g/mol. The number of thiazole rings is 1. The number of aromatic nitrogens is 1. The van der Waals surface area contributed by atoms with Gasteiger partial charge in [0.1, 0.15) is 5.01 Å². The first-order valence-corrected chi connectivity index (χ1v) is 7.61. The molecule has 21 heavy (non-hydrogen) atoms. The minimum atomic E-state index is -1.08. The zero-order valence-electron chi connectivity index (χ0n) is 11.0. The molecule has 0 saturated carbocycles. The van der Waals surface area contributed by atoms with Crippen LogP contribution in [0.2, 0.25) is 0 Å². The average Bonchev–Trinajstić information content (AvgIpc) is 2.90. The Balaban J connectivity index is 1.89. The van der Waals surface area contributed by atoms with Gasteiger partial charge in [0.05, 0.1) is 6.54 Å². The zero-order valence-corrected chi connectivity index (χ0v) is 13.4. The fraction of sp³-hybridized carbons (Fsp3) is 0.154. The van der Waals surface area contributed by atoms with Gasteiger partial charge in [-0.3, -0.25) is 0 Å². The van der Waals surface area contributed by atoms with Gasteiger partial charge < -0.3 is 15.7 Å². The molecular weight excluding hydrogens is 358 g/mol. The number of hydrogen-bond acceptors (Lipinski definition) is 4. The number of carboxylic acid groups (broad SMARTS) is 1. The summed E-state index contributed by atoms with van der Waals surface area (Å²) in [6.07, 6.45) is 0. The van der Waals surface area contributed by atoms with Crippen LogP contribution in [0.25, 0.3) is 0 Å². The second-order valence-electron chi connectivity index (χ2n) is 4.20. The lowest BCUT2D eigenvalue weighted by molar-refractivity contribution is 0.0691. The molecule has 0 spiro atoms. The number of hydrogen-bond donors (Lipinski definition) is 3. The van der Waals surface area contributed by atoms with Crippen molar-refractivity contribution in [3.05, 3.63) is 44.3 Å². The smallest absolute Gasteiger partial charge is 0.355 e. The molecule has 0 radical (unpaired) electrons. The fourth-order valence-corrected chi connectivity index (χ4v) is 2.50. The van der Waals surface area contributed by atoms with E-state index in [1.807, 2.05) is 19.1 Å². The van der Waals surface area contributed by atoms with Crippen molar-refractivity contribution in [2.24, 2.45) is 0 Å². The highest BCUT2D eigenvalue weighted by atomic mass is 79.9. The van der Waals surface area contributed by atoms with Crippen LogP contribution in [0.1, 0.15) is 21.1 Å². The topological polar surface area (TPSA) is 91.3 Å². The number of aryl methyl sites for hydroxylation is 1. The summed E-state index contributed by atoms with van der Waals surface area (Å²) in [5, 5.41) is 16.1. The Morgan fingerprint density at radius 3 is 2.81 bits per heavy atom. The minimum absolute atomic E-state index is 0.0132. The Bertz CT molecular complexity index is 687. The van der Waals surface area contributed by atoms with E-state index in [4.69, 9.17) is 5.11 Å². The van der Waals surface area contributed by atoms with Gasteiger partial charge in [0.15, 0.2) is 5.69 Å². The Morgan fingerprint density at radius 1 is 1.43 bits per heavy atom. The molecule has 0 unspecified atom stereocenters. The molecule has 1 aromatic carbocycles. The normalized spacial score (nSPS) is 10.2. The molecule has 1 aromatic heterocycles. The van der Waals surface area contributed by atoms with Crippen LogP contribution in [-0.4, -0.2) is 22.1 Å². The molecule has 2 amide bonds. The van der Waals surface area contributed by atoms with E-state index >= 15 is 0 Å². The maximum atomic E-state index is 11.7. The van der Waals surface area contributed by atoms with E-state index in [-0.39, 0.29) is 18.3 Å². The standard InChI is InChI=1S/C13H12BrN3O3S/c1-7-4-8(2-3-9(7)14)16-13(20)15-5-11-17-10(6-21-11)12(18)19/h2-4,6H,5H2,1H3,(H,18,19)(H2,15,16,20). The first kappa shape index (κ1) is 15.5. The molecule has 0 saturated heterocycles. The fourth-order valence-electron chi connectivity index (χ4n) is 1.54. The van der Waals surface area contributed by atoms with E-state index < -0.39 is 5.97 Å². The molecule has 2 aromatic rings. The van der Waals surface area contributed by atoms with Crippen molar-refractivity contribution in [3.63, 3.8) is 0 Å². The second-order valence-corrected chi connectivity index (χ2v) is 6.00. The number of nitrogens with one attached hydrogen (secondary N) is 2. The highest BCUT2D eigenvalue weighted by Crippen LogP contribution is 2.19. The molecule has 1 heterocycles. The van der Waals surface area contributed by atoms with Crippen LogP contribution in [0, 0.1) is 6.92 Å². The Labute approximate surface area is 133 Å². The molecule has 0 bridgehead atoms. The van der Waals surface area contributed by atoms with Gasteiger partial charge in [0.25, 0.3) is 0 Å². The SMILES string of the molecule is Cc1cc(NC(=O)NCc2nc(C(=O)O)cs2)ccc1Br. The highest BCUT2D eigenvalue weighted by molar-refractivity contribution is 9.10. The number of carbonyl (C=O) groups is 2. The molecule has 2 rings (SSSR count). The molecule has 8 heteroatoms. The van der Waals surface area contributed by atoms with Crippen molar-refractivity contribution >= 4 is 45.0 Å². The summed E-state index contributed by atoms with van der Waals surface area (Å²) in [5.74, 6) is -1.08. The number of carbonyl (C=O) groups excluding carboxylic acids is 1. The predicted octanol–water partition coefficient (Wildman–Crippen LogP) is 3.23. The number of anilines is 1. The molecule has 110 valence electrons. The van der Waals surface area contributed by atoms with Gasteiger partial charge in [0, 0.05) is 15.5 Å². The third-order valence-corrected chi connectivity index (χ3v) is 4.33.